The standard InChI is InChI=1S/C52H54Cl52/c53-1-28(80,2-54)30(82,5-57)32(84,7-59)34(86,9-61)36(88,11-63)38(90,13-65)40(92,15-67)42(94,17-69)44(96,19-71)46(98,21-73)48(100,23-75)50(102,25-77)52(104,27-79)51(103,26-78)49(101,24-76)47(99,22-74)45(97,20-72)43(95,18-70)41(93,16-68)39(91,14-66)37(89,12-64)35(87,10-62)33(85,8-60)31(83,6-58)29(81,3-55)4-56/h1-27H2. The number of hydrogen-bond acceptors (Lipinski definition) is 0. The highest BCUT2D eigenvalue weighted by atomic mass is 35.6. The van der Waals surface area contributed by atoms with Gasteiger partial charge in [-0.25, -0.2) is 0 Å². The lowest BCUT2D eigenvalue weighted by Crippen LogP contribution is -2.89. The molecule has 0 rings (SSSR count). The molecule has 0 radical (unpaired) electrons. The summed E-state index contributed by atoms with van der Waals surface area (Å²) in [4.78, 5) is -71.7. The molecule has 0 aliphatic carbocycles. The van der Waals surface area contributed by atoms with Gasteiger partial charge >= 0.3 is 0 Å². The van der Waals surface area contributed by atoms with E-state index in [9.17, 15) is 0 Å². The van der Waals surface area contributed by atoms with Gasteiger partial charge in [0, 0.05) is 159 Å². The first-order valence-electron chi connectivity index (χ1n) is 27.5. The zero-order valence-corrected chi connectivity index (χ0v) is 90.6. The van der Waals surface area contributed by atoms with Crippen LogP contribution in [0, 0.1) is 0 Å². The summed E-state index contributed by atoms with van der Waals surface area (Å²) in [5.41, 5.74) is 0. The fourth-order valence-electron chi connectivity index (χ4n) is 12.7. The van der Waals surface area contributed by atoms with Crippen molar-refractivity contribution >= 4 is 603 Å². The molecule has 0 aromatic carbocycles. The Kier molecular flexibility index (Phi) is 50.2. The Labute approximate surface area is 869 Å². The second-order valence-electron chi connectivity index (χ2n) is 24.0. The largest absolute Gasteiger partial charge is 0.125 e. The van der Waals surface area contributed by atoms with Crippen LogP contribution in [0.15, 0.2) is 0 Å². The van der Waals surface area contributed by atoms with Crippen LogP contribution in [0.5, 0.6) is 0 Å². The van der Waals surface area contributed by atoms with Gasteiger partial charge in [0.15, 0.2) is 0 Å². The maximum absolute atomic E-state index is 8.15. The Bertz CT molecular complexity index is 2560. The summed E-state index contributed by atoms with van der Waals surface area (Å²) in [6, 6.07) is 0. The van der Waals surface area contributed by atoms with Gasteiger partial charge in [-0.1, -0.05) is 0 Å². The van der Waals surface area contributed by atoms with E-state index in [0.29, 0.717) is 0 Å². The van der Waals surface area contributed by atoms with Crippen molar-refractivity contribution in [3.05, 3.63) is 0 Å². The Morgan fingerprint density at radius 1 is 0.0769 bits per heavy atom. The van der Waals surface area contributed by atoms with E-state index in [1.54, 1.807) is 0 Å². The van der Waals surface area contributed by atoms with E-state index in [4.69, 9.17) is 603 Å². The van der Waals surface area contributed by atoms with E-state index in [1.807, 2.05) is 0 Å². The SMILES string of the molecule is ClCC(Cl)(CCl)C(Cl)(CCl)C(Cl)(CCl)C(Cl)(CCl)C(Cl)(CCl)C(Cl)(CCl)C(Cl)(CCl)C(Cl)(CCl)C(Cl)(CCl)C(Cl)(CCl)C(Cl)(CCl)C(Cl)(CCl)C(Cl)(CCl)C(Cl)(CCl)C(Cl)(CCl)C(Cl)(CCl)C(Cl)(CCl)C(Cl)(CCl)C(Cl)(CCl)C(Cl)(CCl)C(Cl)(CCl)C(Cl)(CCl)C(Cl)(CCl)C(Cl)(CCl)C(Cl)(CCl)CCl. The van der Waals surface area contributed by atoms with E-state index in [2.05, 4.69) is 0 Å². The van der Waals surface area contributed by atoms with E-state index >= 15 is 0 Å². The highest BCUT2D eigenvalue weighted by Gasteiger charge is 2.90. The average molecular weight is 2520 g/mol. The smallest absolute Gasteiger partial charge is 0.102 e. The molecule has 0 fully saturated rings. The maximum Gasteiger partial charge on any atom is 0.102 e. The molecule has 22 unspecified atom stereocenters. The van der Waals surface area contributed by atoms with Crippen LogP contribution >= 0.6 is 603 Å². The van der Waals surface area contributed by atoms with E-state index in [1.165, 1.54) is 0 Å². The Morgan fingerprint density at radius 3 is 0.163 bits per heavy atom. The number of alkyl halides is 52. The molecule has 0 spiro atoms. The Morgan fingerprint density at radius 2 is 0.125 bits per heavy atom. The first kappa shape index (κ1) is 119. The van der Waals surface area contributed by atoms with Crippen LogP contribution in [0.2, 0.25) is 0 Å². The minimum Gasteiger partial charge on any atom is -0.125 e. The van der Waals surface area contributed by atoms with E-state index in [0.717, 1.165) is 0 Å². The molecule has 0 saturated heterocycles. The van der Waals surface area contributed by atoms with Gasteiger partial charge in [0.25, 0.3) is 0 Å². The van der Waals surface area contributed by atoms with Gasteiger partial charge in [0.05, 0.1) is 9.75 Å². The third-order valence-corrected chi connectivity index (χ3v) is 56.6. The highest BCUT2D eigenvalue weighted by molar-refractivity contribution is 6.64. The number of hydrogen-bond donors (Lipinski definition) is 0. The Balaban J connectivity index is 10.4. The van der Waals surface area contributed by atoms with Gasteiger partial charge in [-0.05, 0) is 0 Å². The molecule has 0 saturated carbocycles. The molecule has 0 bridgehead atoms. The molecule has 626 valence electrons. The van der Waals surface area contributed by atoms with Crippen molar-refractivity contribution < 1.29 is 0 Å². The molecular formula is C52H54Cl52. The fourth-order valence-corrected chi connectivity index (χ4v) is 40.1. The topological polar surface area (TPSA) is 0 Å². The summed E-state index contributed by atoms with van der Waals surface area (Å²) in [7, 11) is 0. The normalized spacial score (nSPS) is 26.8. The molecule has 0 amide bonds. The van der Waals surface area contributed by atoms with Crippen LogP contribution in [-0.4, -0.2) is 281 Å². The van der Waals surface area contributed by atoms with Gasteiger partial charge in [-0.2, -0.15) is 0 Å². The van der Waals surface area contributed by atoms with Crippen LogP contribution < -0.4 is 0 Å². The summed E-state index contributed by atoms with van der Waals surface area (Å²) in [5, 5.41) is 0. The second-order valence-corrected chi connectivity index (χ2v) is 47.5. The Hall–Kier alpha value is 15.1. The van der Waals surface area contributed by atoms with Crippen LogP contribution in [0.25, 0.3) is 0 Å². The zero-order chi connectivity index (χ0) is 83.6. The highest BCUT2D eigenvalue weighted by Crippen LogP contribution is 2.77. The molecule has 52 heteroatoms. The van der Waals surface area contributed by atoms with Gasteiger partial charge in [0.2, 0.25) is 0 Å². The minimum atomic E-state index is -3.16. The number of rotatable bonds is 51. The average Bonchev–Trinajstić information content (AvgIpc) is 0.664. The van der Waals surface area contributed by atoms with Gasteiger partial charge < -0.3 is 0 Å². The van der Waals surface area contributed by atoms with Crippen molar-refractivity contribution in [2.75, 3.05) is 159 Å². The summed E-state index contributed by atoms with van der Waals surface area (Å²) in [6.45, 7) is 0. The predicted octanol–water partition coefficient (Wildman–Crippen LogP) is 31.9. The lowest BCUT2D eigenvalue weighted by molar-refractivity contribution is 0.157. The molecule has 0 N–H and O–H groups in total. The maximum atomic E-state index is 8.15. The summed E-state index contributed by atoms with van der Waals surface area (Å²) in [5.74, 6) is -27.4. The van der Waals surface area contributed by atoms with E-state index in [-0.39, 0.29) is 0 Å². The minimum absolute atomic E-state index is 0.590. The van der Waals surface area contributed by atoms with Gasteiger partial charge in [-0.15, -0.1) is 603 Å². The predicted molar refractivity (Wildman–Crippen MR) is 504 cm³/mol. The van der Waals surface area contributed by atoms with Crippen LogP contribution in [-0.2, 0) is 0 Å². The molecule has 0 aromatic heterocycles. The molecule has 22 atom stereocenters. The first-order chi connectivity index (χ1) is 47.1. The van der Waals surface area contributed by atoms with Crippen molar-refractivity contribution in [2.45, 2.75) is 122 Å². The van der Waals surface area contributed by atoms with Crippen LogP contribution in [0.4, 0.5) is 0 Å². The van der Waals surface area contributed by atoms with Gasteiger partial charge in [0.1, 0.15) is 112 Å². The molecule has 0 nitrogen and oxygen atoms in total. The quantitative estimate of drug-likeness (QED) is 0.0533. The first-order valence-corrected chi connectivity index (χ1v) is 51.4. The number of halogens is 52. The van der Waals surface area contributed by atoms with Crippen molar-refractivity contribution in [1.82, 2.24) is 0 Å². The molecule has 0 aromatic rings. The lowest BCUT2D eigenvalue weighted by atomic mass is 9.57. The summed E-state index contributed by atoms with van der Waals surface area (Å²) < 4.78 is 0. The van der Waals surface area contributed by atoms with Crippen molar-refractivity contribution in [1.29, 1.82) is 0 Å². The summed E-state index contributed by atoms with van der Waals surface area (Å²) in [6.07, 6.45) is 0. The molecule has 0 aliphatic rings. The molecular weight excluding hydrogens is 2470 g/mol. The van der Waals surface area contributed by atoms with Crippen molar-refractivity contribution in [3.63, 3.8) is 0 Å². The monoisotopic (exact) mass is 2500 g/mol. The van der Waals surface area contributed by atoms with E-state index < -0.39 is 281 Å². The van der Waals surface area contributed by atoms with Crippen molar-refractivity contribution in [2.24, 2.45) is 0 Å². The molecule has 104 heavy (non-hydrogen) atoms. The summed E-state index contributed by atoms with van der Waals surface area (Å²) >= 11 is 385. The van der Waals surface area contributed by atoms with Crippen LogP contribution in [0.1, 0.15) is 0 Å². The zero-order valence-electron chi connectivity index (χ0n) is 51.2. The third kappa shape index (κ3) is 16.2. The molecule has 0 heterocycles. The lowest BCUT2D eigenvalue weighted by Gasteiger charge is -2.70. The second kappa shape index (κ2) is 43.9. The molecule has 0 aliphatic heterocycles. The third-order valence-electron chi connectivity index (χ3n) is 20.3. The van der Waals surface area contributed by atoms with Gasteiger partial charge in [-0.3, -0.25) is 0 Å². The van der Waals surface area contributed by atoms with Crippen LogP contribution in [0.3, 0.4) is 0 Å². The fraction of sp³-hybridized carbons (Fsp3) is 1.00. The van der Waals surface area contributed by atoms with Crippen molar-refractivity contribution in [3.8, 4) is 0 Å².